The van der Waals surface area contributed by atoms with E-state index < -0.39 is 9.84 Å². The molecule has 0 aliphatic carbocycles. The van der Waals surface area contributed by atoms with Gasteiger partial charge in [0, 0.05) is 24.6 Å². The van der Waals surface area contributed by atoms with Gasteiger partial charge in [-0.3, -0.25) is 9.48 Å². The Morgan fingerprint density at radius 2 is 1.83 bits per heavy atom. The molecular weight excluding hydrogens is 326 g/mol. The Morgan fingerprint density at radius 3 is 2.29 bits per heavy atom. The monoisotopic (exact) mass is 349 g/mol. The number of sulfone groups is 1. The highest BCUT2D eigenvalue weighted by Crippen LogP contribution is 2.17. The Kier molecular flexibility index (Phi) is 5.13. The van der Waals surface area contributed by atoms with Crippen molar-refractivity contribution in [1.82, 2.24) is 15.1 Å². The van der Waals surface area contributed by atoms with Crippen LogP contribution in [0.5, 0.6) is 0 Å². The van der Waals surface area contributed by atoms with Crippen LogP contribution in [0.3, 0.4) is 0 Å². The fourth-order valence-electron chi connectivity index (χ4n) is 2.61. The predicted octanol–water partition coefficient (Wildman–Crippen LogP) is 1.86. The molecule has 1 N–H and O–H groups in total. The summed E-state index contributed by atoms with van der Waals surface area (Å²) < 4.78 is 24.7. The van der Waals surface area contributed by atoms with Gasteiger partial charge in [-0.1, -0.05) is 12.1 Å². The van der Waals surface area contributed by atoms with E-state index in [0.717, 1.165) is 22.5 Å². The van der Waals surface area contributed by atoms with Gasteiger partial charge in [-0.15, -0.1) is 0 Å². The highest BCUT2D eigenvalue weighted by molar-refractivity contribution is 7.90. The Balaban J connectivity index is 2.06. The first-order chi connectivity index (χ1) is 11.1. The fourth-order valence-corrected chi connectivity index (χ4v) is 3.24. The number of benzene rings is 1. The van der Waals surface area contributed by atoms with E-state index in [2.05, 4.69) is 10.4 Å². The molecule has 1 atom stereocenters. The van der Waals surface area contributed by atoms with Gasteiger partial charge in [0.05, 0.1) is 23.1 Å². The number of hydrogen-bond donors (Lipinski definition) is 1. The number of aryl methyl sites for hydroxylation is 2. The summed E-state index contributed by atoms with van der Waals surface area (Å²) >= 11 is 0. The van der Waals surface area contributed by atoms with E-state index in [1.807, 2.05) is 27.8 Å². The lowest BCUT2D eigenvalue weighted by atomic mass is 10.1. The number of carbonyl (C=O) groups excluding carboxylic acids is 1. The van der Waals surface area contributed by atoms with E-state index in [1.54, 1.807) is 28.9 Å². The Labute approximate surface area is 142 Å². The molecule has 2 aromatic rings. The molecule has 0 fully saturated rings. The molecule has 0 saturated heterocycles. The average Bonchev–Trinajstić information content (AvgIpc) is 2.73. The third-order valence-electron chi connectivity index (χ3n) is 4.18. The van der Waals surface area contributed by atoms with Gasteiger partial charge in [0.25, 0.3) is 0 Å². The van der Waals surface area contributed by atoms with E-state index in [0.29, 0.717) is 0 Å². The van der Waals surface area contributed by atoms with E-state index >= 15 is 0 Å². The lowest BCUT2D eigenvalue weighted by molar-refractivity contribution is -0.121. The van der Waals surface area contributed by atoms with Crippen LogP contribution in [0.1, 0.15) is 35.5 Å². The molecule has 0 aliphatic heterocycles. The smallest absolute Gasteiger partial charge is 0.225 e. The summed E-state index contributed by atoms with van der Waals surface area (Å²) in [4.78, 5) is 12.6. The second-order valence-electron chi connectivity index (χ2n) is 6.08. The van der Waals surface area contributed by atoms with Gasteiger partial charge in [-0.2, -0.15) is 5.10 Å². The van der Waals surface area contributed by atoms with Crippen LogP contribution >= 0.6 is 0 Å². The van der Waals surface area contributed by atoms with Crippen molar-refractivity contribution in [2.24, 2.45) is 7.05 Å². The summed E-state index contributed by atoms with van der Waals surface area (Å²) in [6.45, 7) is 5.70. The first kappa shape index (κ1) is 18.2. The number of hydrogen-bond acceptors (Lipinski definition) is 4. The highest BCUT2D eigenvalue weighted by Gasteiger charge is 2.16. The molecule has 1 aromatic carbocycles. The molecule has 7 heteroatoms. The lowest BCUT2D eigenvalue weighted by Crippen LogP contribution is -2.28. The minimum Gasteiger partial charge on any atom is -0.349 e. The molecular formula is C17H23N3O3S. The molecule has 6 nitrogen and oxygen atoms in total. The molecule has 130 valence electrons. The van der Waals surface area contributed by atoms with Crippen molar-refractivity contribution < 1.29 is 13.2 Å². The number of aromatic nitrogens is 2. The van der Waals surface area contributed by atoms with E-state index in [1.165, 1.54) is 6.26 Å². The summed E-state index contributed by atoms with van der Waals surface area (Å²) in [6, 6.07) is 6.36. The van der Waals surface area contributed by atoms with Crippen molar-refractivity contribution in [3.05, 3.63) is 46.8 Å². The molecule has 2 rings (SSSR count). The average molecular weight is 349 g/mol. The van der Waals surface area contributed by atoms with Gasteiger partial charge in [0.1, 0.15) is 0 Å². The standard InChI is InChI=1S/C17H23N3O3S/c1-11(14-6-8-15(9-7-14)24(5,22)23)18-17(21)10-16-12(2)19-20(4)13(16)3/h6-9,11H,10H2,1-5H3,(H,18,21)/t11-/m1/s1. The van der Waals surface area contributed by atoms with Crippen molar-refractivity contribution in [2.45, 2.75) is 38.1 Å². The van der Waals surface area contributed by atoms with Crippen molar-refractivity contribution in [3.8, 4) is 0 Å². The van der Waals surface area contributed by atoms with Gasteiger partial charge < -0.3 is 5.32 Å². The normalized spacial score (nSPS) is 12.9. The number of amides is 1. The maximum Gasteiger partial charge on any atom is 0.225 e. The second kappa shape index (κ2) is 6.76. The van der Waals surface area contributed by atoms with E-state index in [4.69, 9.17) is 0 Å². The summed E-state index contributed by atoms with van der Waals surface area (Å²) in [5.74, 6) is -0.0890. The zero-order valence-electron chi connectivity index (χ0n) is 14.6. The number of nitrogens with zero attached hydrogens (tertiary/aromatic N) is 2. The van der Waals surface area contributed by atoms with Crippen LogP contribution in [-0.2, 0) is 28.1 Å². The molecule has 0 radical (unpaired) electrons. The van der Waals surface area contributed by atoms with Crippen LogP contribution < -0.4 is 5.32 Å². The van der Waals surface area contributed by atoms with Crippen molar-refractivity contribution >= 4 is 15.7 Å². The molecule has 0 aliphatic rings. The maximum atomic E-state index is 12.3. The summed E-state index contributed by atoms with van der Waals surface area (Å²) in [6.07, 6.45) is 1.45. The minimum absolute atomic E-state index is 0.0890. The van der Waals surface area contributed by atoms with Crippen molar-refractivity contribution in [2.75, 3.05) is 6.26 Å². The molecule has 0 spiro atoms. The SMILES string of the molecule is Cc1nn(C)c(C)c1CC(=O)N[C@H](C)c1ccc(S(C)(=O)=O)cc1. The summed E-state index contributed by atoms with van der Waals surface area (Å²) in [5.41, 5.74) is 3.63. The van der Waals surface area contributed by atoms with Crippen LogP contribution in [0.15, 0.2) is 29.2 Å². The molecule has 0 bridgehead atoms. The molecule has 1 aromatic heterocycles. The van der Waals surface area contributed by atoms with Gasteiger partial charge in [0.15, 0.2) is 9.84 Å². The van der Waals surface area contributed by atoms with E-state index in [-0.39, 0.29) is 23.3 Å². The Bertz CT molecular complexity index is 852. The van der Waals surface area contributed by atoms with Gasteiger partial charge >= 0.3 is 0 Å². The molecule has 0 saturated carbocycles. The summed E-state index contributed by atoms with van der Waals surface area (Å²) in [7, 11) is -1.36. The van der Waals surface area contributed by atoms with E-state index in [9.17, 15) is 13.2 Å². The third kappa shape index (κ3) is 4.03. The second-order valence-corrected chi connectivity index (χ2v) is 8.10. The predicted molar refractivity (Wildman–Crippen MR) is 92.5 cm³/mol. The van der Waals surface area contributed by atoms with Crippen LogP contribution in [-0.4, -0.2) is 30.4 Å². The summed E-state index contributed by atoms with van der Waals surface area (Å²) in [5, 5.41) is 7.25. The third-order valence-corrected chi connectivity index (χ3v) is 5.31. The van der Waals surface area contributed by atoms with Gasteiger partial charge in [0.2, 0.25) is 5.91 Å². The maximum absolute atomic E-state index is 12.3. The zero-order valence-corrected chi connectivity index (χ0v) is 15.4. The van der Waals surface area contributed by atoms with Crippen LogP contribution in [0.2, 0.25) is 0 Å². The number of nitrogens with one attached hydrogen (secondary N) is 1. The minimum atomic E-state index is -3.21. The topological polar surface area (TPSA) is 81.1 Å². The molecule has 0 unspecified atom stereocenters. The Morgan fingerprint density at radius 1 is 1.25 bits per heavy atom. The lowest BCUT2D eigenvalue weighted by Gasteiger charge is -2.15. The largest absolute Gasteiger partial charge is 0.349 e. The number of carbonyl (C=O) groups is 1. The first-order valence-corrected chi connectivity index (χ1v) is 9.57. The zero-order chi connectivity index (χ0) is 18.1. The van der Waals surface area contributed by atoms with Crippen molar-refractivity contribution in [1.29, 1.82) is 0 Å². The molecule has 1 amide bonds. The quantitative estimate of drug-likeness (QED) is 0.893. The fraction of sp³-hybridized carbons (Fsp3) is 0.412. The van der Waals surface area contributed by atoms with Crippen LogP contribution in [0.4, 0.5) is 0 Å². The van der Waals surface area contributed by atoms with Gasteiger partial charge in [-0.05, 0) is 38.5 Å². The first-order valence-electron chi connectivity index (χ1n) is 7.68. The molecule has 1 heterocycles. The van der Waals surface area contributed by atoms with Crippen LogP contribution in [0.25, 0.3) is 0 Å². The Hall–Kier alpha value is -2.15. The number of rotatable bonds is 5. The van der Waals surface area contributed by atoms with Crippen molar-refractivity contribution in [3.63, 3.8) is 0 Å². The highest BCUT2D eigenvalue weighted by atomic mass is 32.2. The molecule has 24 heavy (non-hydrogen) atoms. The van der Waals surface area contributed by atoms with Gasteiger partial charge in [-0.25, -0.2) is 8.42 Å². The van der Waals surface area contributed by atoms with Crippen LogP contribution in [0, 0.1) is 13.8 Å².